The molecule has 0 saturated carbocycles. The number of hydrogen-bond donors (Lipinski definition) is 0. The van der Waals surface area contributed by atoms with E-state index < -0.39 is 0 Å². The molecule has 1 aliphatic heterocycles. The summed E-state index contributed by atoms with van der Waals surface area (Å²) in [6.07, 6.45) is 2.22. The Balaban J connectivity index is 1.83. The standard InChI is InChI=1S/C24H23N/c1-24(2)20-10-6-5-9-18(20)19-15-14-17-13-12-16-8-4-7-11-21(16)25(3)23(17)22(19)24/h4-11,14-15H,12-13H2,1-3H3. The zero-order chi connectivity index (χ0) is 17.2. The first kappa shape index (κ1) is 14.8. The molecule has 0 atom stereocenters. The van der Waals surface area contributed by atoms with Crippen molar-refractivity contribution in [3.63, 3.8) is 0 Å². The summed E-state index contributed by atoms with van der Waals surface area (Å²) in [5, 5.41) is 0. The van der Waals surface area contributed by atoms with Crippen LogP contribution in [0.5, 0.6) is 0 Å². The van der Waals surface area contributed by atoms with Gasteiger partial charge in [0.25, 0.3) is 0 Å². The summed E-state index contributed by atoms with van der Waals surface area (Å²) in [5.41, 5.74) is 11.5. The highest BCUT2D eigenvalue weighted by Gasteiger charge is 2.39. The molecule has 0 N–H and O–H groups in total. The van der Waals surface area contributed by atoms with E-state index in [0.29, 0.717) is 0 Å². The lowest BCUT2D eigenvalue weighted by Crippen LogP contribution is -2.21. The molecular formula is C24H23N. The summed E-state index contributed by atoms with van der Waals surface area (Å²) in [6.45, 7) is 4.76. The molecule has 2 aliphatic rings. The Kier molecular flexibility index (Phi) is 2.94. The van der Waals surface area contributed by atoms with Gasteiger partial charge in [0.2, 0.25) is 0 Å². The molecule has 0 fully saturated rings. The second-order valence-electron chi connectivity index (χ2n) is 7.85. The second kappa shape index (κ2) is 4.98. The number of rotatable bonds is 0. The molecule has 1 heteroatoms. The van der Waals surface area contributed by atoms with Crippen LogP contribution in [0.2, 0.25) is 0 Å². The SMILES string of the molecule is CN1c2ccccc2CCc2ccc3c(c21)C(C)(C)c1ccccc1-3. The van der Waals surface area contributed by atoms with Gasteiger partial charge < -0.3 is 4.90 Å². The Morgan fingerprint density at radius 3 is 2.36 bits per heavy atom. The molecule has 1 nitrogen and oxygen atoms in total. The molecular weight excluding hydrogens is 302 g/mol. The monoisotopic (exact) mass is 325 g/mol. The third kappa shape index (κ3) is 1.90. The number of para-hydroxylation sites is 1. The van der Waals surface area contributed by atoms with Crippen LogP contribution in [-0.2, 0) is 18.3 Å². The van der Waals surface area contributed by atoms with Crippen molar-refractivity contribution >= 4 is 11.4 Å². The Morgan fingerprint density at radius 1 is 0.760 bits per heavy atom. The fourth-order valence-corrected chi connectivity index (χ4v) is 4.91. The highest BCUT2D eigenvalue weighted by atomic mass is 15.1. The van der Waals surface area contributed by atoms with Crippen molar-refractivity contribution < 1.29 is 0 Å². The average Bonchev–Trinajstić information content (AvgIpc) is 2.77. The molecule has 1 aliphatic carbocycles. The average molecular weight is 325 g/mol. The molecule has 1 heterocycles. The van der Waals surface area contributed by atoms with E-state index >= 15 is 0 Å². The molecule has 0 bridgehead atoms. The minimum absolute atomic E-state index is 0.0326. The minimum Gasteiger partial charge on any atom is -0.344 e. The first-order valence-electron chi connectivity index (χ1n) is 9.17. The van der Waals surface area contributed by atoms with Gasteiger partial charge in [0.1, 0.15) is 0 Å². The highest BCUT2D eigenvalue weighted by molar-refractivity contribution is 5.89. The summed E-state index contributed by atoms with van der Waals surface area (Å²) < 4.78 is 0. The van der Waals surface area contributed by atoms with Crippen molar-refractivity contribution in [3.8, 4) is 11.1 Å². The normalized spacial score (nSPS) is 16.5. The number of benzene rings is 3. The van der Waals surface area contributed by atoms with E-state index in [9.17, 15) is 0 Å². The number of fused-ring (bicyclic) bond motifs is 6. The van der Waals surface area contributed by atoms with Crippen molar-refractivity contribution in [2.24, 2.45) is 0 Å². The lowest BCUT2D eigenvalue weighted by molar-refractivity contribution is 0.659. The third-order valence-electron chi connectivity index (χ3n) is 6.13. The van der Waals surface area contributed by atoms with Gasteiger partial charge in [-0.1, -0.05) is 68.4 Å². The largest absolute Gasteiger partial charge is 0.344 e. The van der Waals surface area contributed by atoms with Crippen LogP contribution in [-0.4, -0.2) is 7.05 Å². The molecule has 0 radical (unpaired) electrons. The number of aryl methyl sites for hydroxylation is 2. The van der Waals surface area contributed by atoms with Crippen LogP contribution in [0.1, 0.15) is 36.1 Å². The zero-order valence-electron chi connectivity index (χ0n) is 15.1. The maximum absolute atomic E-state index is 2.43. The van der Waals surface area contributed by atoms with Gasteiger partial charge in [-0.3, -0.25) is 0 Å². The van der Waals surface area contributed by atoms with E-state index in [4.69, 9.17) is 0 Å². The molecule has 25 heavy (non-hydrogen) atoms. The van der Waals surface area contributed by atoms with Gasteiger partial charge in [0.05, 0.1) is 0 Å². The predicted octanol–water partition coefficient (Wildman–Crippen LogP) is 5.86. The van der Waals surface area contributed by atoms with Gasteiger partial charge in [-0.15, -0.1) is 0 Å². The van der Waals surface area contributed by atoms with Crippen molar-refractivity contribution in [3.05, 3.63) is 82.9 Å². The van der Waals surface area contributed by atoms with Crippen molar-refractivity contribution in [1.29, 1.82) is 0 Å². The molecule has 3 aromatic rings. The van der Waals surface area contributed by atoms with E-state index in [1.807, 2.05) is 0 Å². The van der Waals surface area contributed by atoms with Crippen LogP contribution >= 0.6 is 0 Å². The van der Waals surface area contributed by atoms with Crippen LogP contribution < -0.4 is 4.90 Å². The second-order valence-corrected chi connectivity index (χ2v) is 7.85. The molecule has 0 spiro atoms. The van der Waals surface area contributed by atoms with Crippen LogP contribution in [0.4, 0.5) is 11.4 Å². The number of nitrogens with zero attached hydrogens (tertiary/aromatic N) is 1. The lowest BCUT2D eigenvalue weighted by atomic mass is 9.80. The van der Waals surface area contributed by atoms with Gasteiger partial charge in [0, 0.05) is 23.8 Å². The van der Waals surface area contributed by atoms with Crippen molar-refractivity contribution in [2.75, 3.05) is 11.9 Å². The van der Waals surface area contributed by atoms with E-state index in [1.54, 1.807) is 0 Å². The highest BCUT2D eigenvalue weighted by Crippen LogP contribution is 2.54. The summed E-state index contributed by atoms with van der Waals surface area (Å²) in [5.74, 6) is 0. The minimum atomic E-state index is 0.0326. The van der Waals surface area contributed by atoms with E-state index in [2.05, 4.69) is 86.5 Å². The Labute approximate surface area is 149 Å². The number of hydrogen-bond acceptors (Lipinski definition) is 1. The molecule has 124 valence electrons. The van der Waals surface area contributed by atoms with Gasteiger partial charge >= 0.3 is 0 Å². The third-order valence-corrected chi connectivity index (χ3v) is 6.13. The Hall–Kier alpha value is -2.54. The summed E-state index contributed by atoms with van der Waals surface area (Å²) in [4.78, 5) is 2.43. The lowest BCUT2D eigenvalue weighted by Gasteiger charge is -2.30. The van der Waals surface area contributed by atoms with Crippen LogP contribution in [0.3, 0.4) is 0 Å². The van der Waals surface area contributed by atoms with Crippen molar-refractivity contribution in [2.45, 2.75) is 32.1 Å². The summed E-state index contributed by atoms with van der Waals surface area (Å²) >= 11 is 0. The Bertz CT molecular complexity index is 997. The van der Waals surface area contributed by atoms with E-state index in [0.717, 1.165) is 12.8 Å². The maximum Gasteiger partial charge on any atom is 0.0488 e. The maximum atomic E-state index is 2.43. The smallest absolute Gasteiger partial charge is 0.0488 e. The van der Waals surface area contributed by atoms with Crippen molar-refractivity contribution in [1.82, 2.24) is 0 Å². The fraction of sp³-hybridized carbons (Fsp3) is 0.250. The first-order chi connectivity index (χ1) is 12.1. The predicted molar refractivity (Wildman–Crippen MR) is 106 cm³/mol. The fourth-order valence-electron chi connectivity index (χ4n) is 4.91. The molecule has 0 aromatic heterocycles. The van der Waals surface area contributed by atoms with Crippen LogP contribution in [0, 0.1) is 0 Å². The van der Waals surface area contributed by atoms with Gasteiger partial charge in [-0.05, 0) is 52.3 Å². The summed E-state index contributed by atoms with van der Waals surface area (Å²) in [6, 6.07) is 22.5. The van der Waals surface area contributed by atoms with E-state index in [1.165, 1.54) is 44.8 Å². The van der Waals surface area contributed by atoms with Crippen LogP contribution in [0.15, 0.2) is 60.7 Å². The van der Waals surface area contributed by atoms with Gasteiger partial charge in [-0.25, -0.2) is 0 Å². The van der Waals surface area contributed by atoms with Gasteiger partial charge in [-0.2, -0.15) is 0 Å². The van der Waals surface area contributed by atoms with Crippen LogP contribution in [0.25, 0.3) is 11.1 Å². The van der Waals surface area contributed by atoms with E-state index in [-0.39, 0.29) is 5.41 Å². The first-order valence-corrected chi connectivity index (χ1v) is 9.17. The van der Waals surface area contributed by atoms with Gasteiger partial charge in [0.15, 0.2) is 0 Å². The molecule has 0 unspecified atom stereocenters. The molecule has 3 aromatic carbocycles. The molecule has 0 saturated heterocycles. The quantitative estimate of drug-likeness (QED) is 0.500. The molecule has 5 rings (SSSR count). The Morgan fingerprint density at radius 2 is 1.48 bits per heavy atom. The zero-order valence-corrected chi connectivity index (χ0v) is 15.1. The topological polar surface area (TPSA) is 3.24 Å². The number of anilines is 2. The molecule has 0 amide bonds. The summed E-state index contributed by atoms with van der Waals surface area (Å²) in [7, 11) is 2.24.